The lowest BCUT2D eigenvalue weighted by Gasteiger charge is -2.22. The number of hydrogen-bond acceptors (Lipinski definition) is 4. The SMILES string of the molecule is CNc1ccccc1N(C=O)CCNC(=O)OC(C)(C)C. The van der Waals surface area contributed by atoms with Crippen molar-refractivity contribution >= 4 is 23.9 Å². The summed E-state index contributed by atoms with van der Waals surface area (Å²) in [5.41, 5.74) is 1.08. The highest BCUT2D eigenvalue weighted by Crippen LogP contribution is 2.23. The number of para-hydroxylation sites is 2. The fourth-order valence-electron chi connectivity index (χ4n) is 1.76. The van der Waals surface area contributed by atoms with Crippen LogP contribution in [0.1, 0.15) is 20.8 Å². The molecule has 0 aliphatic carbocycles. The van der Waals surface area contributed by atoms with Gasteiger partial charge in [-0.15, -0.1) is 0 Å². The molecule has 21 heavy (non-hydrogen) atoms. The third kappa shape index (κ3) is 5.72. The minimum Gasteiger partial charge on any atom is -0.444 e. The van der Waals surface area contributed by atoms with Crippen LogP contribution in [0.25, 0.3) is 0 Å². The average Bonchev–Trinajstić information content (AvgIpc) is 2.42. The predicted octanol–water partition coefficient (Wildman–Crippen LogP) is 2.22. The summed E-state index contributed by atoms with van der Waals surface area (Å²) in [6, 6.07) is 7.46. The van der Waals surface area contributed by atoms with Crippen molar-refractivity contribution in [2.75, 3.05) is 30.4 Å². The molecular formula is C15H23N3O3. The third-order valence-electron chi connectivity index (χ3n) is 2.63. The van der Waals surface area contributed by atoms with E-state index in [0.29, 0.717) is 13.1 Å². The number of hydrogen-bond donors (Lipinski definition) is 2. The highest BCUT2D eigenvalue weighted by molar-refractivity contribution is 5.83. The molecule has 2 amide bonds. The standard InChI is InChI=1S/C15H23N3O3/c1-15(2,3)21-14(20)17-9-10-18(11-19)13-8-6-5-7-12(13)16-4/h5-8,11,16H,9-10H2,1-4H3,(H,17,20). The zero-order chi connectivity index (χ0) is 15.9. The number of carbonyl (C=O) groups is 2. The molecule has 2 N–H and O–H groups in total. The van der Waals surface area contributed by atoms with Gasteiger partial charge in [0.25, 0.3) is 0 Å². The van der Waals surface area contributed by atoms with Crippen LogP contribution in [0.15, 0.2) is 24.3 Å². The van der Waals surface area contributed by atoms with E-state index in [4.69, 9.17) is 4.74 Å². The van der Waals surface area contributed by atoms with Gasteiger partial charge in [-0.1, -0.05) is 12.1 Å². The van der Waals surface area contributed by atoms with Crippen molar-refractivity contribution in [1.82, 2.24) is 5.32 Å². The van der Waals surface area contributed by atoms with E-state index in [0.717, 1.165) is 17.8 Å². The molecule has 116 valence electrons. The second-order valence-corrected chi connectivity index (χ2v) is 5.49. The molecule has 0 unspecified atom stereocenters. The van der Waals surface area contributed by atoms with Crippen LogP contribution in [0.5, 0.6) is 0 Å². The largest absolute Gasteiger partial charge is 0.444 e. The number of alkyl carbamates (subject to hydrolysis) is 1. The van der Waals surface area contributed by atoms with Gasteiger partial charge >= 0.3 is 6.09 Å². The van der Waals surface area contributed by atoms with E-state index in [-0.39, 0.29) is 0 Å². The Kier molecular flexibility index (Phi) is 6.02. The minimum atomic E-state index is -0.535. The van der Waals surface area contributed by atoms with Gasteiger partial charge in [0, 0.05) is 20.1 Å². The maximum Gasteiger partial charge on any atom is 0.407 e. The number of ether oxygens (including phenoxy) is 1. The molecule has 0 aromatic heterocycles. The quantitative estimate of drug-likeness (QED) is 0.789. The van der Waals surface area contributed by atoms with Gasteiger partial charge in [-0.2, -0.15) is 0 Å². The Hall–Kier alpha value is -2.24. The van der Waals surface area contributed by atoms with Gasteiger partial charge in [0.15, 0.2) is 0 Å². The summed E-state index contributed by atoms with van der Waals surface area (Å²) >= 11 is 0. The van der Waals surface area contributed by atoms with Crippen LogP contribution in [0.4, 0.5) is 16.2 Å². The molecule has 0 saturated heterocycles. The summed E-state index contributed by atoms with van der Waals surface area (Å²) in [4.78, 5) is 24.3. The summed E-state index contributed by atoms with van der Waals surface area (Å²) in [6.07, 6.45) is 0.252. The Labute approximate surface area is 125 Å². The monoisotopic (exact) mass is 293 g/mol. The van der Waals surface area contributed by atoms with Gasteiger partial charge in [0.05, 0.1) is 11.4 Å². The first-order valence-corrected chi connectivity index (χ1v) is 6.83. The van der Waals surface area contributed by atoms with Gasteiger partial charge < -0.3 is 20.3 Å². The smallest absolute Gasteiger partial charge is 0.407 e. The second-order valence-electron chi connectivity index (χ2n) is 5.49. The maximum absolute atomic E-state index is 11.5. The zero-order valence-corrected chi connectivity index (χ0v) is 13.0. The molecule has 1 aromatic rings. The number of anilines is 2. The fourth-order valence-corrected chi connectivity index (χ4v) is 1.76. The number of amides is 2. The molecule has 6 nitrogen and oxygen atoms in total. The number of rotatable bonds is 6. The lowest BCUT2D eigenvalue weighted by molar-refractivity contribution is -0.107. The van der Waals surface area contributed by atoms with Gasteiger partial charge in [0.2, 0.25) is 6.41 Å². The average molecular weight is 293 g/mol. The van der Waals surface area contributed by atoms with Crippen molar-refractivity contribution < 1.29 is 14.3 Å². The van der Waals surface area contributed by atoms with Crippen LogP contribution < -0.4 is 15.5 Å². The van der Waals surface area contributed by atoms with Crippen LogP contribution in [-0.2, 0) is 9.53 Å². The molecular weight excluding hydrogens is 270 g/mol. The van der Waals surface area contributed by atoms with Crippen molar-refractivity contribution in [2.24, 2.45) is 0 Å². The molecule has 6 heteroatoms. The Morgan fingerprint density at radius 3 is 2.57 bits per heavy atom. The van der Waals surface area contributed by atoms with Crippen molar-refractivity contribution in [3.63, 3.8) is 0 Å². The predicted molar refractivity (Wildman–Crippen MR) is 83.6 cm³/mol. The minimum absolute atomic E-state index is 0.311. The van der Waals surface area contributed by atoms with Crippen LogP contribution in [0.2, 0.25) is 0 Å². The lowest BCUT2D eigenvalue weighted by atomic mass is 10.2. The Morgan fingerprint density at radius 2 is 2.00 bits per heavy atom. The van der Waals surface area contributed by atoms with Crippen molar-refractivity contribution in [3.8, 4) is 0 Å². The van der Waals surface area contributed by atoms with Crippen molar-refractivity contribution in [1.29, 1.82) is 0 Å². The van der Waals surface area contributed by atoms with Gasteiger partial charge in [0.1, 0.15) is 5.60 Å². The van der Waals surface area contributed by atoms with Crippen molar-refractivity contribution in [3.05, 3.63) is 24.3 Å². The zero-order valence-electron chi connectivity index (χ0n) is 13.0. The number of benzene rings is 1. The Morgan fingerprint density at radius 1 is 1.33 bits per heavy atom. The fraction of sp³-hybridized carbons (Fsp3) is 0.467. The van der Waals surface area contributed by atoms with E-state index in [1.807, 2.05) is 24.3 Å². The van der Waals surface area contributed by atoms with Gasteiger partial charge in [-0.05, 0) is 32.9 Å². The first-order chi connectivity index (χ1) is 9.87. The molecule has 0 radical (unpaired) electrons. The van der Waals surface area contributed by atoms with E-state index in [9.17, 15) is 9.59 Å². The van der Waals surface area contributed by atoms with Gasteiger partial charge in [-0.3, -0.25) is 4.79 Å². The second kappa shape index (κ2) is 7.52. The first kappa shape index (κ1) is 16.8. The van der Waals surface area contributed by atoms with E-state index < -0.39 is 11.7 Å². The van der Waals surface area contributed by atoms with E-state index in [1.165, 1.54) is 4.90 Å². The molecule has 0 saturated carbocycles. The molecule has 1 rings (SSSR count). The summed E-state index contributed by atoms with van der Waals surface area (Å²) < 4.78 is 5.13. The summed E-state index contributed by atoms with van der Waals surface area (Å²) in [6.45, 7) is 6.07. The summed E-state index contributed by atoms with van der Waals surface area (Å²) in [5.74, 6) is 0. The summed E-state index contributed by atoms with van der Waals surface area (Å²) in [7, 11) is 1.79. The summed E-state index contributed by atoms with van der Waals surface area (Å²) in [5, 5.41) is 5.66. The molecule has 1 aromatic carbocycles. The number of nitrogens with one attached hydrogen (secondary N) is 2. The Bertz CT molecular complexity index is 483. The number of nitrogens with zero attached hydrogens (tertiary/aromatic N) is 1. The molecule has 0 heterocycles. The van der Waals surface area contributed by atoms with Crippen LogP contribution >= 0.6 is 0 Å². The molecule has 0 atom stereocenters. The first-order valence-electron chi connectivity index (χ1n) is 6.83. The topological polar surface area (TPSA) is 70.7 Å². The van der Waals surface area contributed by atoms with E-state index in [1.54, 1.807) is 27.8 Å². The van der Waals surface area contributed by atoms with Crippen LogP contribution in [-0.4, -0.2) is 38.2 Å². The van der Waals surface area contributed by atoms with E-state index >= 15 is 0 Å². The van der Waals surface area contributed by atoms with Gasteiger partial charge in [-0.25, -0.2) is 4.79 Å². The van der Waals surface area contributed by atoms with Crippen molar-refractivity contribution in [2.45, 2.75) is 26.4 Å². The third-order valence-corrected chi connectivity index (χ3v) is 2.63. The normalized spacial score (nSPS) is 10.7. The van der Waals surface area contributed by atoms with Crippen LogP contribution in [0.3, 0.4) is 0 Å². The highest BCUT2D eigenvalue weighted by atomic mass is 16.6. The molecule has 0 bridgehead atoms. The Balaban J connectivity index is 2.56. The molecule has 0 aliphatic rings. The maximum atomic E-state index is 11.5. The molecule has 0 spiro atoms. The van der Waals surface area contributed by atoms with E-state index in [2.05, 4.69) is 10.6 Å². The lowest BCUT2D eigenvalue weighted by Crippen LogP contribution is -2.37. The molecule has 0 fully saturated rings. The van der Waals surface area contributed by atoms with Crippen LogP contribution in [0, 0.1) is 0 Å². The number of carbonyl (C=O) groups excluding carboxylic acids is 2. The highest BCUT2D eigenvalue weighted by Gasteiger charge is 2.16. The molecule has 0 aliphatic heterocycles.